The van der Waals surface area contributed by atoms with Crippen LogP contribution in [0.4, 0.5) is 5.69 Å². The smallest absolute Gasteiger partial charge is 0.251 e. The number of nitrogens with one attached hydrogen (secondary N) is 5. The average Bonchev–Trinajstić information content (AvgIpc) is 1.59. The first-order valence-electron chi connectivity index (χ1n) is 33.3. The van der Waals surface area contributed by atoms with E-state index in [2.05, 4.69) is 48.5 Å². The van der Waals surface area contributed by atoms with Crippen molar-refractivity contribution in [1.82, 2.24) is 41.3 Å². The molecule has 0 spiro atoms. The van der Waals surface area contributed by atoms with E-state index >= 15 is 0 Å². The molecule has 95 heavy (non-hydrogen) atoms. The molecule has 7 amide bonds. The van der Waals surface area contributed by atoms with Crippen molar-refractivity contribution in [2.75, 3.05) is 77.5 Å². The van der Waals surface area contributed by atoms with E-state index in [1.54, 1.807) is 31.2 Å². The lowest BCUT2D eigenvalue weighted by Crippen LogP contribution is -2.64. The van der Waals surface area contributed by atoms with Crippen LogP contribution in [0.5, 0.6) is 11.5 Å². The van der Waals surface area contributed by atoms with E-state index in [0.29, 0.717) is 12.0 Å². The molecule has 4 saturated heterocycles. The number of ether oxygens (including phenoxy) is 2. The van der Waals surface area contributed by atoms with Crippen LogP contribution in [-0.4, -0.2) is 249 Å². The van der Waals surface area contributed by atoms with Crippen LogP contribution >= 0.6 is 0 Å². The van der Waals surface area contributed by atoms with Crippen LogP contribution < -0.4 is 47.7 Å². The third kappa shape index (κ3) is 17.6. The molecule has 524 valence electrons. The molecule has 2 aliphatic carbocycles. The zero-order chi connectivity index (χ0) is 67.5. The van der Waals surface area contributed by atoms with Gasteiger partial charge in [0.2, 0.25) is 35.4 Å². The molecule has 27 nitrogen and oxygen atoms in total. The van der Waals surface area contributed by atoms with Crippen LogP contribution in [-0.2, 0) is 39.9 Å². The number of benzene rings is 3. The number of carbonyl (C=O) groups excluding carboxylic acids is 7. The van der Waals surface area contributed by atoms with Crippen LogP contribution in [0.15, 0.2) is 66.7 Å². The van der Waals surface area contributed by atoms with E-state index < -0.39 is 152 Å². The highest BCUT2D eigenvalue weighted by Crippen LogP contribution is 2.45. The Morgan fingerprint density at radius 1 is 0.716 bits per heavy atom. The number of aromatic hydroxyl groups is 1. The van der Waals surface area contributed by atoms with Gasteiger partial charge >= 0.3 is 0 Å². The summed E-state index contributed by atoms with van der Waals surface area (Å²) in [5.41, 5.74) is 14.6. The van der Waals surface area contributed by atoms with Crippen LogP contribution in [0.2, 0.25) is 0 Å². The fraction of sp³-hybridized carbons (Fsp3) is 0.632. The number of rotatable bonds is 17. The van der Waals surface area contributed by atoms with Crippen molar-refractivity contribution in [2.45, 2.75) is 189 Å². The Balaban J connectivity index is 0.0000116. The molecule has 2 saturated carbocycles. The number of nitrogens with two attached hydrogens (primary N) is 2. The normalized spacial score (nSPS) is 29.9. The summed E-state index contributed by atoms with van der Waals surface area (Å²) in [4.78, 5) is 109. The fourth-order valence-electron chi connectivity index (χ4n) is 14.7. The van der Waals surface area contributed by atoms with Gasteiger partial charge in [0, 0.05) is 102 Å². The molecule has 6 aliphatic rings. The van der Waals surface area contributed by atoms with Crippen LogP contribution in [0, 0.1) is 11.8 Å². The summed E-state index contributed by atoms with van der Waals surface area (Å²) in [6, 6.07) is 8.53. The number of β-amino-alcohol motifs (C(OH)–C–C–N with tert-alkyl or cyclic N) is 1. The number of hydrogen-bond donors (Lipinski definition) is 14. The Hall–Kier alpha value is -7.05. The van der Waals surface area contributed by atoms with Crippen molar-refractivity contribution in [3.63, 3.8) is 0 Å². The number of anilines is 1. The van der Waals surface area contributed by atoms with E-state index in [4.69, 9.17) is 20.9 Å². The molecule has 4 aliphatic heterocycles. The molecule has 3 aromatic carbocycles. The van der Waals surface area contributed by atoms with E-state index in [0.717, 1.165) is 78.5 Å². The van der Waals surface area contributed by atoms with Gasteiger partial charge in [-0.05, 0) is 117 Å². The number of methoxy groups -OCH3 is 1. The van der Waals surface area contributed by atoms with Crippen molar-refractivity contribution in [1.29, 1.82) is 0 Å². The van der Waals surface area contributed by atoms with Gasteiger partial charge in [-0.2, -0.15) is 0 Å². The zero-order valence-corrected chi connectivity index (χ0v) is 54.0. The molecule has 3 aromatic rings. The van der Waals surface area contributed by atoms with Crippen LogP contribution in [0.3, 0.4) is 0 Å². The number of phenols is 1. The molecule has 0 radical (unpaired) electrons. The molecule has 6 fully saturated rings. The minimum atomic E-state index is -2.03. The van der Waals surface area contributed by atoms with Gasteiger partial charge < -0.3 is 98.0 Å². The lowest BCUT2D eigenvalue weighted by atomic mass is 9.68. The minimum Gasteiger partial charge on any atom is -0.504 e. The van der Waals surface area contributed by atoms with Gasteiger partial charge in [0.05, 0.1) is 42.2 Å². The van der Waals surface area contributed by atoms with E-state index in [9.17, 15) is 69.3 Å². The van der Waals surface area contributed by atoms with E-state index in [1.165, 1.54) is 57.2 Å². The molecule has 0 unspecified atom stereocenters. The first-order valence-corrected chi connectivity index (χ1v) is 33.3. The largest absolute Gasteiger partial charge is 0.504 e. The maximum Gasteiger partial charge on any atom is 0.251 e. The zero-order valence-electron chi connectivity index (χ0n) is 54.0. The molecular weight excluding hydrogens is 1230 g/mol. The quantitative estimate of drug-likeness (QED) is 0.0799. The highest BCUT2D eigenvalue weighted by molar-refractivity contribution is 6.00. The van der Waals surface area contributed by atoms with Gasteiger partial charge in [0.15, 0.2) is 11.5 Å². The number of hydrogen-bond acceptors (Lipinski definition) is 20. The number of amides is 7. The standard InChI is InChI=1S/C67H97N11O16.CH4/c1-38-36-78-58(59(38)85)64(90)70-35-47(80)33-49(71-60(86)43-12-10-41(11-13-43)42-14-16-45(17-15-42)75-26-28-76(29-27-75)46-19-22-67(93-3,23-20-46)44-7-5-4-6-8-44)61(87)72-55(39(2)79)65(91)77-37-48(81)34-50(77)62(88)73-56(63(89)74-57(66(78)92)52(83)21-24-68)53(84)31-40-9-18-51(82)54(32-40)94-30-25-69;/h9-18,32,38-39,44,46-50,52-53,55-59,79-85H,4-8,19-31,33-37,68-69H2,1-3H3,(H,70,90)(H,71,86)(H,72,87)(H,73,88)(H,74,89);1H4/t38-,39+,46?,47+,48+,49-,50-,52+,53+,55-,56-,57-,58-,59-,67?;/m0./s1. The Morgan fingerprint density at radius 2 is 1.35 bits per heavy atom. The highest BCUT2D eigenvalue weighted by atomic mass is 16.5. The van der Waals surface area contributed by atoms with Crippen LogP contribution in [0.25, 0.3) is 11.1 Å². The SMILES string of the molecule is C.COC1(C2CCCCC2)CCC(N2CCN(c3ccc(-c4ccc(C(=O)N[C@H]5C[C@@H](O)CNC(=O)[C@@H]6[C@@H](O)[C@@H](C)CN6C(=O)[C@H]([C@H](O)CCN)NC(=O)[C@H]([C@H](O)Cc6ccc(O)c(OCCN)c6)NC(=O)[C@@H]6C[C@@H](O)CN6C(=O)[C@H]([C@@H](C)O)NC5=O)cc4)cc3)CC2)CC1. The van der Waals surface area contributed by atoms with E-state index in [-0.39, 0.29) is 68.3 Å². The van der Waals surface area contributed by atoms with Gasteiger partial charge in [-0.15, -0.1) is 0 Å². The number of carbonyl (C=O) groups is 7. The molecule has 13 atom stereocenters. The summed E-state index contributed by atoms with van der Waals surface area (Å²) in [7, 11) is 1.91. The van der Waals surface area contributed by atoms with Gasteiger partial charge in [-0.3, -0.25) is 38.5 Å². The minimum absolute atomic E-state index is 0. The number of aliphatic hydroxyl groups is 6. The van der Waals surface area contributed by atoms with Gasteiger partial charge in [0.1, 0.15) is 42.9 Å². The Labute approximate surface area is 555 Å². The lowest BCUT2D eigenvalue weighted by molar-refractivity contribution is -0.147. The molecule has 0 bridgehead atoms. The first-order chi connectivity index (χ1) is 45.0. The summed E-state index contributed by atoms with van der Waals surface area (Å²) >= 11 is 0. The number of fused-ring (bicyclic) bond motifs is 2. The molecule has 9 rings (SSSR count). The number of aliphatic hydroxyl groups excluding tert-OH is 6. The van der Waals surface area contributed by atoms with Crippen molar-refractivity contribution >= 4 is 47.0 Å². The molecule has 27 heteroatoms. The number of nitrogens with zero attached hydrogens (tertiary/aromatic N) is 4. The third-order valence-electron chi connectivity index (χ3n) is 20.2. The predicted molar refractivity (Wildman–Crippen MR) is 352 cm³/mol. The maximum atomic E-state index is 14.7. The first kappa shape index (κ1) is 73.8. The summed E-state index contributed by atoms with van der Waals surface area (Å²) in [5.74, 6) is -7.81. The Kier molecular flexibility index (Phi) is 25.8. The molecule has 4 heterocycles. The lowest BCUT2D eigenvalue weighted by Gasteiger charge is -2.49. The van der Waals surface area contributed by atoms with Crippen molar-refractivity contribution in [2.24, 2.45) is 23.3 Å². The number of piperazine rings is 1. The van der Waals surface area contributed by atoms with Crippen molar-refractivity contribution < 1.29 is 78.8 Å². The monoisotopic (exact) mass is 1330 g/mol. The maximum absolute atomic E-state index is 14.7. The summed E-state index contributed by atoms with van der Waals surface area (Å²) < 4.78 is 11.8. The summed E-state index contributed by atoms with van der Waals surface area (Å²) in [6.45, 7) is 4.94. The Morgan fingerprint density at radius 3 is 1.98 bits per heavy atom. The van der Waals surface area contributed by atoms with Gasteiger partial charge in [-0.1, -0.05) is 63.9 Å². The second kappa shape index (κ2) is 33.3. The van der Waals surface area contributed by atoms with Crippen molar-refractivity contribution in [3.05, 3.63) is 77.9 Å². The fourth-order valence-corrected chi connectivity index (χ4v) is 14.7. The predicted octanol–water partition coefficient (Wildman–Crippen LogP) is -0.640. The highest BCUT2D eigenvalue weighted by Gasteiger charge is 2.50. The van der Waals surface area contributed by atoms with Crippen molar-refractivity contribution in [3.8, 4) is 22.6 Å². The van der Waals surface area contributed by atoms with Gasteiger partial charge in [-0.25, -0.2) is 0 Å². The van der Waals surface area contributed by atoms with E-state index in [1.807, 2.05) is 19.2 Å². The van der Waals surface area contributed by atoms with Crippen LogP contribution in [0.1, 0.15) is 114 Å². The second-order valence-corrected chi connectivity index (χ2v) is 26.5. The second-order valence-electron chi connectivity index (χ2n) is 26.5. The number of phenolic OH excluding ortho intramolecular Hbond substituents is 1. The van der Waals surface area contributed by atoms with Gasteiger partial charge in [0.25, 0.3) is 5.91 Å². The summed E-state index contributed by atoms with van der Waals surface area (Å²) in [5, 5.41) is 91.7. The Bertz CT molecular complexity index is 3090. The average molecular weight is 1330 g/mol. The molecule has 16 N–H and O–H groups in total. The summed E-state index contributed by atoms with van der Waals surface area (Å²) in [6.07, 6.45) is -0.650. The molecule has 0 aromatic heterocycles. The third-order valence-corrected chi connectivity index (χ3v) is 20.2. The molecular formula is C68H101N11O16. The topological polar surface area (TPSA) is 405 Å².